The molecule has 4 aromatic rings. The number of H-pyrrole nitrogens is 1. The summed E-state index contributed by atoms with van der Waals surface area (Å²) in [6, 6.07) is 15.7. The average molecular weight is 417 g/mol. The van der Waals surface area contributed by atoms with Gasteiger partial charge in [0.1, 0.15) is 12.0 Å². The van der Waals surface area contributed by atoms with Crippen molar-refractivity contribution in [2.75, 3.05) is 0 Å². The Kier molecular flexibility index (Phi) is 5.36. The Bertz CT molecular complexity index is 1400. The smallest absolute Gasteiger partial charge is 0.337 e. The molecule has 2 heterocycles. The van der Waals surface area contributed by atoms with Crippen LogP contribution in [0.2, 0.25) is 0 Å². The van der Waals surface area contributed by atoms with Gasteiger partial charge in [-0.2, -0.15) is 4.98 Å². The van der Waals surface area contributed by atoms with Gasteiger partial charge in [0, 0.05) is 11.6 Å². The van der Waals surface area contributed by atoms with Crippen LogP contribution in [0, 0.1) is 0 Å². The monoisotopic (exact) mass is 417 g/mol. The summed E-state index contributed by atoms with van der Waals surface area (Å²) in [5.41, 5.74) is 7.71. The van der Waals surface area contributed by atoms with Crippen molar-refractivity contribution >= 4 is 17.0 Å². The highest BCUT2D eigenvalue weighted by molar-refractivity contribution is 5.94. The lowest BCUT2D eigenvalue weighted by Gasteiger charge is -2.12. The molecule has 156 valence electrons. The van der Waals surface area contributed by atoms with E-state index in [0.29, 0.717) is 17.5 Å². The molecule has 0 spiro atoms. The summed E-state index contributed by atoms with van der Waals surface area (Å²) < 4.78 is 10.8. The maximum Gasteiger partial charge on any atom is 0.337 e. The van der Waals surface area contributed by atoms with E-state index in [1.807, 2.05) is 37.3 Å². The van der Waals surface area contributed by atoms with Crippen molar-refractivity contribution in [3.8, 4) is 17.1 Å². The van der Waals surface area contributed by atoms with E-state index in [-0.39, 0.29) is 23.7 Å². The number of benzene rings is 2. The maximum absolute atomic E-state index is 12.5. The van der Waals surface area contributed by atoms with Gasteiger partial charge in [-0.3, -0.25) is 14.6 Å². The molecule has 8 nitrogen and oxygen atoms in total. The number of aryl methyl sites for hydroxylation is 1. The highest BCUT2D eigenvalue weighted by Crippen LogP contribution is 2.25. The van der Waals surface area contributed by atoms with Gasteiger partial charge in [-0.25, -0.2) is 4.79 Å². The van der Waals surface area contributed by atoms with Crippen molar-refractivity contribution in [2.45, 2.75) is 20.0 Å². The molecule has 2 aromatic carbocycles. The van der Waals surface area contributed by atoms with Gasteiger partial charge in [0.2, 0.25) is 11.6 Å². The van der Waals surface area contributed by atoms with E-state index in [2.05, 4.69) is 9.97 Å². The number of ether oxygens (including phenoxy) is 1. The fourth-order valence-corrected chi connectivity index (χ4v) is 3.39. The summed E-state index contributed by atoms with van der Waals surface area (Å²) in [4.78, 5) is 42.5. The number of nitrogens with two attached hydrogens (primary N) is 1. The van der Waals surface area contributed by atoms with E-state index in [1.54, 1.807) is 18.2 Å². The molecule has 1 amide bonds. The van der Waals surface area contributed by atoms with E-state index >= 15 is 0 Å². The van der Waals surface area contributed by atoms with E-state index in [0.717, 1.165) is 16.7 Å². The van der Waals surface area contributed by atoms with Crippen LogP contribution < -0.4 is 21.7 Å². The molecule has 0 bridgehead atoms. The number of carbonyl (C=O) groups excluding carboxylic acids is 1. The number of amides is 1. The first-order valence-corrected chi connectivity index (χ1v) is 9.64. The summed E-state index contributed by atoms with van der Waals surface area (Å²) >= 11 is 0. The van der Waals surface area contributed by atoms with E-state index < -0.39 is 17.1 Å². The second kappa shape index (κ2) is 8.27. The van der Waals surface area contributed by atoms with Crippen molar-refractivity contribution in [1.29, 1.82) is 0 Å². The van der Waals surface area contributed by atoms with Crippen LogP contribution in [0.1, 0.15) is 28.4 Å². The number of fused-ring (bicyclic) bond motifs is 1. The zero-order valence-corrected chi connectivity index (χ0v) is 16.7. The molecule has 8 heteroatoms. The number of nitrogens with zero attached hydrogens (tertiary/aromatic N) is 1. The highest BCUT2D eigenvalue weighted by atomic mass is 16.5. The normalized spacial score (nSPS) is 10.9. The lowest BCUT2D eigenvalue weighted by atomic mass is 9.98. The third kappa shape index (κ3) is 4.09. The minimum Gasteiger partial charge on any atom is -0.460 e. The third-order valence-corrected chi connectivity index (χ3v) is 4.90. The van der Waals surface area contributed by atoms with Crippen LogP contribution >= 0.6 is 0 Å². The quantitative estimate of drug-likeness (QED) is 0.496. The van der Waals surface area contributed by atoms with Gasteiger partial charge in [-0.15, -0.1) is 0 Å². The number of hydrogen-bond donors (Lipinski definition) is 2. The van der Waals surface area contributed by atoms with Gasteiger partial charge in [0.25, 0.3) is 11.6 Å². The van der Waals surface area contributed by atoms with Gasteiger partial charge in [-0.05, 0) is 40.8 Å². The van der Waals surface area contributed by atoms with Crippen LogP contribution in [-0.2, 0) is 13.0 Å². The largest absolute Gasteiger partial charge is 0.460 e. The second-order valence-corrected chi connectivity index (χ2v) is 6.89. The minimum atomic E-state index is -0.576. The molecule has 3 N–H and O–H groups in total. The minimum absolute atomic E-state index is 0.0606. The number of primary amides is 1. The van der Waals surface area contributed by atoms with Crippen LogP contribution in [0.3, 0.4) is 0 Å². The fraction of sp³-hybridized carbons (Fsp3) is 0.130. The Labute approximate surface area is 176 Å². The van der Waals surface area contributed by atoms with Crippen molar-refractivity contribution in [1.82, 2.24) is 9.97 Å². The van der Waals surface area contributed by atoms with Crippen molar-refractivity contribution in [2.24, 2.45) is 5.73 Å². The lowest BCUT2D eigenvalue weighted by Crippen LogP contribution is -2.15. The molecule has 0 radical (unpaired) electrons. The SMILES string of the molecule is CCc1cc(=O)oc2nc(OCc3ccccc3-c3cccc(C(N)=O)c3)[nH]c(=O)c12. The first kappa shape index (κ1) is 20.1. The second-order valence-electron chi connectivity index (χ2n) is 6.89. The van der Waals surface area contributed by atoms with Gasteiger partial charge in [0.15, 0.2) is 0 Å². The number of carbonyl (C=O) groups is 1. The third-order valence-electron chi connectivity index (χ3n) is 4.90. The topological polar surface area (TPSA) is 128 Å². The lowest BCUT2D eigenvalue weighted by molar-refractivity contribution is 0.100. The summed E-state index contributed by atoms with van der Waals surface area (Å²) in [6.45, 7) is 1.92. The maximum atomic E-state index is 12.5. The molecule has 0 saturated heterocycles. The molecular formula is C23H19N3O5. The van der Waals surface area contributed by atoms with E-state index in [4.69, 9.17) is 14.9 Å². The molecule has 2 aromatic heterocycles. The average Bonchev–Trinajstić information content (AvgIpc) is 2.77. The van der Waals surface area contributed by atoms with Crippen molar-refractivity contribution in [3.05, 3.63) is 92.1 Å². The van der Waals surface area contributed by atoms with Crippen molar-refractivity contribution < 1.29 is 13.9 Å². The first-order chi connectivity index (χ1) is 15.0. The van der Waals surface area contributed by atoms with Crippen LogP contribution in [0.25, 0.3) is 22.2 Å². The number of hydrogen-bond acceptors (Lipinski definition) is 6. The van der Waals surface area contributed by atoms with Crippen LogP contribution in [-0.4, -0.2) is 15.9 Å². The Hall–Kier alpha value is -4.20. The summed E-state index contributed by atoms with van der Waals surface area (Å²) in [6.07, 6.45) is 0.491. The predicted molar refractivity (Wildman–Crippen MR) is 115 cm³/mol. The van der Waals surface area contributed by atoms with Crippen molar-refractivity contribution in [3.63, 3.8) is 0 Å². The molecular weight excluding hydrogens is 398 g/mol. The highest BCUT2D eigenvalue weighted by Gasteiger charge is 2.13. The molecule has 0 unspecified atom stereocenters. The number of aromatic amines is 1. The molecule has 4 rings (SSSR count). The molecule has 0 fully saturated rings. The predicted octanol–water partition coefficient (Wildman–Crippen LogP) is 2.78. The molecule has 0 aliphatic heterocycles. The number of nitrogens with one attached hydrogen (secondary N) is 1. The Morgan fingerprint density at radius 2 is 1.90 bits per heavy atom. The standard InChI is InChI=1S/C23H19N3O5/c1-2-13-11-18(27)31-22-19(13)21(29)25-23(26-22)30-12-16-6-3-4-9-17(16)14-7-5-8-15(10-14)20(24)28/h3-11H,2,12H2,1H3,(H2,24,28)(H,25,26,29). The number of aromatic nitrogens is 2. The van der Waals surface area contributed by atoms with Gasteiger partial charge in [-0.1, -0.05) is 43.3 Å². The summed E-state index contributed by atoms with van der Waals surface area (Å²) in [5.74, 6) is -0.513. The Morgan fingerprint density at radius 1 is 1.10 bits per heavy atom. The Balaban J connectivity index is 1.67. The number of rotatable bonds is 6. The molecule has 0 aliphatic carbocycles. The molecule has 0 saturated carbocycles. The van der Waals surface area contributed by atoms with Crippen LogP contribution in [0.5, 0.6) is 6.01 Å². The van der Waals surface area contributed by atoms with Gasteiger partial charge in [0.05, 0.1) is 0 Å². The van der Waals surface area contributed by atoms with E-state index in [9.17, 15) is 14.4 Å². The van der Waals surface area contributed by atoms with Crippen LogP contribution in [0.4, 0.5) is 0 Å². The molecule has 0 atom stereocenters. The van der Waals surface area contributed by atoms with Crippen LogP contribution in [0.15, 0.2) is 68.6 Å². The summed E-state index contributed by atoms with van der Waals surface area (Å²) in [7, 11) is 0. The summed E-state index contributed by atoms with van der Waals surface area (Å²) in [5, 5.41) is 0.234. The van der Waals surface area contributed by atoms with Gasteiger partial charge >= 0.3 is 5.63 Å². The van der Waals surface area contributed by atoms with Gasteiger partial charge < -0.3 is 14.9 Å². The molecule has 0 aliphatic rings. The van der Waals surface area contributed by atoms with E-state index in [1.165, 1.54) is 6.07 Å². The zero-order valence-electron chi connectivity index (χ0n) is 16.7. The first-order valence-electron chi connectivity index (χ1n) is 9.64. The fourth-order valence-electron chi connectivity index (χ4n) is 3.39. The Morgan fingerprint density at radius 3 is 2.68 bits per heavy atom. The molecule has 31 heavy (non-hydrogen) atoms. The zero-order chi connectivity index (χ0) is 22.0.